The Balaban J connectivity index is 1.91. The number of rotatable bonds is 15. The first-order valence-electron chi connectivity index (χ1n) is 14.5. The van der Waals surface area contributed by atoms with Crippen molar-refractivity contribution in [3.63, 3.8) is 0 Å². The van der Waals surface area contributed by atoms with E-state index in [4.69, 9.17) is 9.47 Å². The molecule has 41 heavy (non-hydrogen) atoms. The molecule has 1 amide bonds. The number of allylic oxidation sites excluding steroid dienone is 3. The number of aromatic nitrogens is 1. The van der Waals surface area contributed by atoms with Crippen LogP contribution in [0.5, 0.6) is 11.5 Å². The Hall–Kier alpha value is -4.06. The molecule has 0 saturated heterocycles. The predicted molar refractivity (Wildman–Crippen MR) is 171 cm³/mol. The van der Waals surface area contributed by atoms with Gasteiger partial charge in [0, 0.05) is 23.7 Å². The summed E-state index contributed by atoms with van der Waals surface area (Å²) in [5, 5.41) is 3.69. The van der Waals surface area contributed by atoms with Crippen LogP contribution in [0.4, 0.5) is 5.69 Å². The molecule has 0 saturated carbocycles. The largest absolute Gasteiger partial charge is 0.492 e. The number of hydrogen-bond donors (Lipinski definition) is 1. The van der Waals surface area contributed by atoms with E-state index < -0.39 is 0 Å². The molecular formula is C35H44N2O4. The van der Waals surface area contributed by atoms with Crippen molar-refractivity contribution in [3.05, 3.63) is 93.8 Å². The number of benzene rings is 2. The normalized spacial score (nSPS) is 11.6. The zero-order valence-electron chi connectivity index (χ0n) is 25.2. The lowest BCUT2D eigenvalue weighted by Crippen LogP contribution is -2.24. The molecule has 1 heterocycles. The van der Waals surface area contributed by atoms with Crippen molar-refractivity contribution in [2.75, 3.05) is 19.0 Å². The first-order valence-corrected chi connectivity index (χ1v) is 14.5. The van der Waals surface area contributed by atoms with Gasteiger partial charge in [-0.25, -0.2) is 0 Å². The highest BCUT2D eigenvalue weighted by Gasteiger charge is 2.19. The van der Waals surface area contributed by atoms with E-state index in [1.165, 1.54) is 17.2 Å². The minimum absolute atomic E-state index is 0.214. The molecule has 0 radical (unpaired) electrons. The minimum atomic E-state index is -0.247. The molecule has 0 aliphatic rings. The zero-order chi connectivity index (χ0) is 29.6. The Kier molecular flexibility index (Phi) is 12.5. The minimum Gasteiger partial charge on any atom is -0.492 e. The number of nitrogens with one attached hydrogen (secondary N) is 1. The number of carbonyl (C=O) groups is 1. The van der Waals surface area contributed by atoms with Gasteiger partial charge in [-0.1, -0.05) is 73.7 Å². The zero-order valence-corrected chi connectivity index (χ0v) is 25.2. The molecule has 6 nitrogen and oxygen atoms in total. The number of anilines is 1. The number of carbonyl (C=O) groups excluding carboxylic acids is 1. The average Bonchev–Trinajstić information content (AvgIpc) is 2.96. The van der Waals surface area contributed by atoms with Crippen LogP contribution < -0.4 is 20.3 Å². The molecule has 0 aliphatic carbocycles. The molecule has 3 aromatic rings. The fourth-order valence-corrected chi connectivity index (χ4v) is 4.60. The van der Waals surface area contributed by atoms with Crippen LogP contribution >= 0.6 is 0 Å². The van der Waals surface area contributed by atoms with Crippen LogP contribution in [0.15, 0.2) is 82.7 Å². The van der Waals surface area contributed by atoms with Crippen molar-refractivity contribution in [1.29, 1.82) is 0 Å². The molecule has 6 heteroatoms. The van der Waals surface area contributed by atoms with Crippen molar-refractivity contribution in [2.24, 2.45) is 0 Å². The Morgan fingerprint density at radius 2 is 1.76 bits per heavy atom. The molecule has 0 aliphatic heterocycles. The van der Waals surface area contributed by atoms with Crippen molar-refractivity contribution < 1.29 is 14.3 Å². The summed E-state index contributed by atoms with van der Waals surface area (Å²) in [4.78, 5) is 26.4. The third kappa shape index (κ3) is 9.52. The predicted octanol–water partition coefficient (Wildman–Crippen LogP) is 8.31. The third-order valence-corrected chi connectivity index (χ3v) is 6.86. The van der Waals surface area contributed by atoms with Gasteiger partial charge in [0.05, 0.1) is 12.6 Å². The number of nitrogens with zero attached hydrogens (tertiary/aromatic N) is 1. The SMILES string of the molecule is CCCCCCn1c(=O)c(OCC=C(C)CCC=C(C)C)c(OC)c2ccc(NC(=O)C=Cc3ccccc3)cc21. The quantitative estimate of drug-likeness (QED) is 0.116. The van der Waals surface area contributed by atoms with E-state index in [-0.39, 0.29) is 23.8 Å². The molecule has 0 bridgehead atoms. The molecule has 0 unspecified atom stereocenters. The van der Waals surface area contributed by atoms with E-state index in [1.54, 1.807) is 17.8 Å². The number of hydrogen-bond acceptors (Lipinski definition) is 4. The van der Waals surface area contributed by atoms with Gasteiger partial charge in [0.15, 0.2) is 5.75 Å². The van der Waals surface area contributed by atoms with E-state index in [1.807, 2.05) is 54.6 Å². The average molecular weight is 557 g/mol. The van der Waals surface area contributed by atoms with Gasteiger partial charge < -0.3 is 19.4 Å². The van der Waals surface area contributed by atoms with Gasteiger partial charge in [0.2, 0.25) is 11.7 Å². The smallest absolute Gasteiger partial charge is 0.297 e. The standard InChI is InChI=1S/C35H44N2O4/c1-6-7-8-12-23-37-31-25-29(36-32(38)21-18-28-16-10-9-11-17-28)19-20-30(31)33(40-5)34(35(37)39)41-24-22-27(4)15-13-14-26(2)3/h9-11,14,16-22,25H,6-8,12-13,15,23-24H2,1-5H3,(H,36,38). The van der Waals surface area contributed by atoms with Crippen LogP contribution in [-0.2, 0) is 11.3 Å². The Bertz CT molecular complexity index is 1440. The first kappa shape index (κ1) is 31.5. The van der Waals surface area contributed by atoms with E-state index in [0.29, 0.717) is 23.5 Å². The summed E-state index contributed by atoms with van der Waals surface area (Å²) in [6.07, 6.45) is 13.6. The van der Waals surface area contributed by atoms with Gasteiger partial charge in [-0.2, -0.15) is 0 Å². The summed E-state index contributed by atoms with van der Waals surface area (Å²) < 4.78 is 13.6. The summed E-state index contributed by atoms with van der Waals surface area (Å²) in [6.45, 7) is 9.28. The summed E-state index contributed by atoms with van der Waals surface area (Å²) in [7, 11) is 1.55. The van der Waals surface area contributed by atoms with Crippen molar-refractivity contribution in [1.82, 2.24) is 4.57 Å². The van der Waals surface area contributed by atoms with E-state index in [2.05, 4.69) is 39.1 Å². The van der Waals surface area contributed by atoms with Gasteiger partial charge in [-0.15, -0.1) is 0 Å². The fourth-order valence-electron chi connectivity index (χ4n) is 4.60. The summed E-state index contributed by atoms with van der Waals surface area (Å²) >= 11 is 0. The first-order chi connectivity index (χ1) is 19.8. The molecule has 0 fully saturated rings. The molecule has 1 N–H and O–H groups in total. The second-order valence-electron chi connectivity index (χ2n) is 10.5. The maximum Gasteiger partial charge on any atom is 0.297 e. The molecule has 3 rings (SSSR count). The Morgan fingerprint density at radius 3 is 2.46 bits per heavy atom. The Labute approximate surface area is 244 Å². The number of amides is 1. The summed E-state index contributed by atoms with van der Waals surface area (Å²) in [5.41, 5.74) is 4.54. The maximum absolute atomic E-state index is 13.8. The van der Waals surface area contributed by atoms with Crippen molar-refractivity contribution in [2.45, 2.75) is 72.8 Å². The number of unbranched alkanes of at least 4 members (excludes halogenated alkanes) is 3. The second kappa shape index (κ2) is 16.3. The van der Waals surface area contributed by atoms with Gasteiger partial charge in [-0.05, 0) is 75.9 Å². The van der Waals surface area contributed by atoms with Gasteiger partial charge in [0.1, 0.15) is 6.61 Å². The summed E-state index contributed by atoms with van der Waals surface area (Å²) in [6, 6.07) is 15.2. The van der Waals surface area contributed by atoms with Crippen molar-refractivity contribution in [3.8, 4) is 11.5 Å². The van der Waals surface area contributed by atoms with E-state index in [9.17, 15) is 9.59 Å². The van der Waals surface area contributed by atoms with E-state index >= 15 is 0 Å². The van der Waals surface area contributed by atoms with Crippen LogP contribution in [0.3, 0.4) is 0 Å². The summed E-state index contributed by atoms with van der Waals surface area (Å²) in [5.74, 6) is 0.377. The van der Waals surface area contributed by atoms with E-state index in [0.717, 1.165) is 49.5 Å². The lowest BCUT2D eigenvalue weighted by molar-refractivity contribution is -0.111. The molecular weight excluding hydrogens is 512 g/mol. The number of methoxy groups -OCH3 is 1. The number of ether oxygens (including phenoxy) is 2. The highest BCUT2D eigenvalue weighted by Crippen LogP contribution is 2.34. The third-order valence-electron chi connectivity index (χ3n) is 6.86. The lowest BCUT2D eigenvalue weighted by Gasteiger charge is -2.18. The van der Waals surface area contributed by atoms with Crippen LogP contribution in [0.2, 0.25) is 0 Å². The van der Waals surface area contributed by atoms with Crippen LogP contribution in [-0.4, -0.2) is 24.2 Å². The molecule has 0 atom stereocenters. The Morgan fingerprint density at radius 1 is 0.976 bits per heavy atom. The second-order valence-corrected chi connectivity index (χ2v) is 10.5. The molecule has 2 aromatic carbocycles. The van der Waals surface area contributed by atoms with Crippen LogP contribution in [0, 0.1) is 0 Å². The van der Waals surface area contributed by atoms with Crippen LogP contribution in [0.1, 0.15) is 71.8 Å². The number of aryl methyl sites for hydroxylation is 1. The monoisotopic (exact) mass is 556 g/mol. The number of pyridine rings is 1. The highest BCUT2D eigenvalue weighted by molar-refractivity contribution is 6.03. The number of fused-ring (bicyclic) bond motifs is 1. The van der Waals surface area contributed by atoms with Gasteiger partial charge in [0.25, 0.3) is 5.56 Å². The molecule has 218 valence electrons. The maximum atomic E-state index is 13.8. The fraction of sp³-hybridized carbons (Fsp3) is 0.371. The van der Waals surface area contributed by atoms with Gasteiger partial charge >= 0.3 is 0 Å². The topological polar surface area (TPSA) is 69.6 Å². The molecule has 1 aromatic heterocycles. The van der Waals surface area contributed by atoms with Crippen LogP contribution in [0.25, 0.3) is 17.0 Å². The molecule has 0 spiro atoms. The highest BCUT2D eigenvalue weighted by atomic mass is 16.5. The lowest BCUT2D eigenvalue weighted by atomic mass is 10.1. The van der Waals surface area contributed by atoms with Gasteiger partial charge in [-0.3, -0.25) is 9.59 Å². The van der Waals surface area contributed by atoms with Crippen molar-refractivity contribution >= 4 is 28.6 Å².